The van der Waals surface area contributed by atoms with E-state index in [-0.39, 0.29) is 49.7 Å². The Morgan fingerprint density at radius 1 is 0.954 bits per heavy atom. The third-order valence-electron chi connectivity index (χ3n) is 13.9. The molecule has 370 valence electrons. The number of carbonyl (C=O) groups excluding carboxylic acids is 4. The van der Waals surface area contributed by atoms with Gasteiger partial charge < -0.3 is 59.5 Å². The van der Waals surface area contributed by atoms with Gasteiger partial charge >= 0.3 is 11.9 Å². The summed E-state index contributed by atoms with van der Waals surface area (Å²) in [5.74, 6) is -8.67. The molecule has 4 rings (SSSR count). The zero-order valence-electron chi connectivity index (χ0n) is 39.6. The van der Waals surface area contributed by atoms with Gasteiger partial charge in [-0.1, -0.05) is 31.6 Å². The molecule has 3 fully saturated rings. The highest BCUT2D eigenvalue weighted by molar-refractivity contribution is 7.99. The number of piperidine rings is 1. The maximum Gasteiger partial charge on any atom is 0.329 e. The lowest BCUT2D eigenvalue weighted by atomic mass is 9.81. The van der Waals surface area contributed by atoms with E-state index in [0.717, 1.165) is 10.5 Å². The van der Waals surface area contributed by atoms with Gasteiger partial charge in [0.2, 0.25) is 5.79 Å². The van der Waals surface area contributed by atoms with Crippen LogP contribution in [0.2, 0.25) is 0 Å². The number of nitrogens with two attached hydrogens (primary N) is 1. The zero-order valence-corrected chi connectivity index (χ0v) is 40.4. The molecule has 0 radical (unpaired) electrons. The number of thioether (sulfide) groups is 1. The number of hydrogen-bond acceptors (Lipinski definition) is 16. The summed E-state index contributed by atoms with van der Waals surface area (Å²) in [5.41, 5.74) is 7.13. The number of methoxy groups -OCH3 is 4. The van der Waals surface area contributed by atoms with Crippen molar-refractivity contribution in [2.45, 2.75) is 171 Å². The first-order valence-corrected chi connectivity index (χ1v) is 24.3. The number of aliphatic hydroxyl groups is 3. The van der Waals surface area contributed by atoms with Gasteiger partial charge in [-0.3, -0.25) is 19.2 Å². The van der Waals surface area contributed by atoms with Gasteiger partial charge in [-0.25, -0.2) is 4.79 Å². The van der Waals surface area contributed by atoms with E-state index >= 15 is 0 Å². The Morgan fingerprint density at radius 2 is 1.63 bits per heavy atom. The first-order chi connectivity index (χ1) is 30.8. The number of amides is 1. The maximum atomic E-state index is 14.5. The predicted molar refractivity (Wildman–Crippen MR) is 242 cm³/mol. The van der Waals surface area contributed by atoms with Gasteiger partial charge in [0.05, 0.1) is 36.6 Å². The summed E-state index contributed by atoms with van der Waals surface area (Å²) in [6.07, 6.45) is 1.78. The van der Waals surface area contributed by atoms with Crippen LogP contribution in [0.4, 0.5) is 0 Å². The molecule has 6 N–H and O–H groups in total. The molecule has 1 saturated carbocycles. The molecular weight excluding hydrogens is 865 g/mol. The fraction of sp³-hybridized carbons (Fsp3) is 0.809. The predicted octanol–water partition coefficient (Wildman–Crippen LogP) is 3.37. The van der Waals surface area contributed by atoms with Crippen molar-refractivity contribution in [3.05, 3.63) is 23.3 Å². The van der Waals surface area contributed by atoms with E-state index in [2.05, 4.69) is 0 Å². The van der Waals surface area contributed by atoms with Crippen molar-refractivity contribution in [3.63, 3.8) is 0 Å². The molecular formula is C47H76N2O15S. The minimum atomic E-state index is -2.59. The highest BCUT2D eigenvalue weighted by atomic mass is 32.2. The monoisotopic (exact) mass is 940 g/mol. The van der Waals surface area contributed by atoms with Gasteiger partial charge in [0.15, 0.2) is 0 Å². The third-order valence-corrected chi connectivity index (χ3v) is 15.1. The summed E-state index contributed by atoms with van der Waals surface area (Å²) in [4.78, 5) is 69.9. The van der Waals surface area contributed by atoms with E-state index in [0.29, 0.717) is 62.7 Å². The number of aliphatic hydroxyl groups excluding tert-OH is 2. The minimum absolute atomic E-state index is 0.0444. The molecule has 0 unspecified atom stereocenters. The fourth-order valence-corrected chi connectivity index (χ4v) is 10.8. The number of rotatable bonds is 13. The number of esters is 1. The van der Waals surface area contributed by atoms with Gasteiger partial charge in [-0.15, -0.1) is 0 Å². The number of carboxylic acids is 1. The van der Waals surface area contributed by atoms with E-state index in [1.807, 2.05) is 19.1 Å². The molecule has 65 heavy (non-hydrogen) atoms. The van der Waals surface area contributed by atoms with Crippen molar-refractivity contribution in [1.29, 1.82) is 0 Å². The molecule has 4 aliphatic rings. The molecule has 0 spiro atoms. The molecule has 2 saturated heterocycles. The standard InChI is InChI=1S/C47H76N2O15S/c1-26-18-31(12-11-17-65-25-33(48)45(55)56)37(52)24-36(51)29(4)41(27(2)20-30-14-15-35(50)38(22-30)60-6)63-46(57)34-13-9-10-16-49(34)44(54)43(53)47(58)28(3)21-39(61-7)42(64-47)40(62-8)23-32(19-26)59-5/h18,20,28-36,38-42,50-51,58H,9-17,19,21-25,48H2,1-8H3,(H,55,56)/b26-18+,27-20+/t28-,29-,30+,31-,32+,33+,34+,35-,36+,38-,39+,40+,41-,42+,47-/m1/s1. The van der Waals surface area contributed by atoms with Crippen LogP contribution in [0.1, 0.15) is 105 Å². The second-order valence-electron chi connectivity index (χ2n) is 18.7. The van der Waals surface area contributed by atoms with Crippen LogP contribution in [0.15, 0.2) is 23.3 Å². The second kappa shape index (κ2) is 25.5. The van der Waals surface area contributed by atoms with Crippen LogP contribution in [0.3, 0.4) is 0 Å². The van der Waals surface area contributed by atoms with Crippen LogP contribution in [0, 0.1) is 23.7 Å². The van der Waals surface area contributed by atoms with Gasteiger partial charge in [0.25, 0.3) is 11.7 Å². The van der Waals surface area contributed by atoms with Gasteiger partial charge in [-0.2, -0.15) is 11.8 Å². The Labute approximate surface area is 388 Å². The summed E-state index contributed by atoms with van der Waals surface area (Å²) in [5, 5.41) is 43.8. The van der Waals surface area contributed by atoms with Crippen molar-refractivity contribution in [3.8, 4) is 0 Å². The van der Waals surface area contributed by atoms with Crippen LogP contribution >= 0.6 is 11.8 Å². The van der Waals surface area contributed by atoms with Crippen LogP contribution in [0.25, 0.3) is 0 Å². The number of hydrogen-bond donors (Lipinski definition) is 5. The average molecular weight is 941 g/mol. The van der Waals surface area contributed by atoms with E-state index in [1.165, 1.54) is 26.0 Å². The molecule has 0 aromatic heterocycles. The van der Waals surface area contributed by atoms with E-state index in [9.17, 15) is 44.4 Å². The van der Waals surface area contributed by atoms with Gasteiger partial charge in [0, 0.05) is 71.3 Å². The fourth-order valence-electron chi connectivity index (χ4n) is 9.83. The number of fused-ring (bicyclic) bond motifs is 3. The Bertz CT molecular complexity index is 1680. The van der Waals surface area contributed by atoms with E-state index < -0.39 is 108 Å². The number of carboxylic acid groups (broad SMARTS) is 1. The average Bonchev–Trinajstić information content (AvgIpc) is 3.28. The molecule has 2 bridgehead atoms. The molecule has 1 aliphatic carbocycles. The van der Waals surface area contributed by atoms with E-state index in [1.54, 1.807) is 35.0 Å². The second-order valence-corrected chi connectivity index (χ2v) is 19.8. The first kappa shape index (κ1) is 54.8. The number of ether oxygens (including phenoxy) is 6. The third kappa shape index (κ3) is 14.4. The minimum Gasteiger partial charge on any atom is -0.480 e. The van der Waals surface area contributed by atoms with Crippen molar-refractivity contribution in [2.75, 3.05) is 46.5 Å². The van der Waals surface area contributed by atoms with Crippen LogP contribution in [-0.2, 0) is 52.4 Å². The van der Waals surface area contributed by atoms with Crippen molar-refractivity contribution >= 4 is 41.2 Å². The van der Waals surface area contributed by atoms with Crippen LogP contribution in [0.5, 0.6) is 0 Å². The Balaban J connectivity index is 1.78. The SMILES string of the molecule is CO[C@H]1C/C(C)=C/[C@@H](CCCSC[C@H](N)C(=O)O)C(=O)C[C@H](O)[C@@H](C)[C@@H](/C(C)=C/[C@@H]2CC[C@@H](O)[C@H](OC)C2)OC(=O)[C@@H]2CCCCN2C(=O)C(=O)[C@]2(O)O[C@H]([C@@H](OC)C1)[C@@H](OC)C[C@H]2C. The van der Waals surface area contributed by atoms with Gasteiger partial charge in [-0.05, 0) is 95.3 Å². The number of allylic oxidation sites excluding steroid dienone is 2. The summed E-state index contributed by atoms with van der Waals surface area (Å²) in [6.45, 7) is 7.00. The molecule has 15 atom stereocenters. The number of carbonyl (C=O) groups is 5. The summed E-state index contributed by atoms with van der Waals surface area (Å²) >= 11 is 1.38. The quantitative estimate of drug-likeness (QED) is 0.0769. The first-order valence-electron chi connectivity index (χ1n) is 23.2. The Hall–Kier alpha value is -2.78. The number of aliphatic carboxylic acids is 1. The Morgan fingerprint density at radius 3 is 2.28 bits per heavy atom. The highest BCUT2D eigenvalue weighted by Gasteiger charge is 2.57. The largest absolute Gasteiger partial charge is 0.480 e. The molecule has 1 amide bonds. The highest BCUT2D eigenvalue weighted by Crippen LogP contribution is 2.39. The lowest BCUT2D eigenvalue weighted by Crippen LogP contribution is -2.64. The molecule has 17 nitrogen and oxygen atoms in total. The lowest BCUT2D eigenvalue weighted by Gasteiger charge is -2.47. The molecule has 18 heteroatoms. The summed E-state index contributed by atoms with van der Waals surface area (Å²) in [6, 6.07) is -2.21. The van der Waals surface area contributed by atoms with Crippen molar-refractivity contribution in [2.24, 2.45) is 29.4 Å². The maximum absolute atomic E-state index is 14.5. The van der Waals surface area contributed by atoms with Crippen molar-refractivity contribution < 1.29 is 72.8 Å². The number of nitrogens with zero attached hydrogens (tertiary/aromatic N) is 1. The van der Waals surface area contributed by atoms with Gasteiger partial charge in [0.1, 0.15) is 30.1 Å². The zero-order chi connectivity index (χ0) is 48.2. The molecule has 0 aromatic carbocycles. The molecule has 0 aromatic rings. The van der Waals surface area contributed by atoms with Crippen molar-refractivity contribution in [1.82, 2.24) is 4.90 Å². The summed E-state index contributed by atoms with van der Waals surface area (Å²) < 4.78 is 35.8. The number of ketones is 2. The number of cyclic esters (lactones) is 1. The molecule has 3 heterocycles. The van der Waals surface area contributed by atoms with Crippen LogP contribution < -0.4 is 5.73 Å². The Kier molecular flexibility index (Phi) is 21.5. The topological polar surface area (TPSA) is 251 Å². The van der Waals surface area contributed by atoms with E-state index in [4.69, 9.17) is 34.2 Å². The smallest absolute Gasteiger partial charge is 0.329 e. The molecule has 3 aliphatic heterocycles. The number of Topliss-reactive ketones (excluding diaryl/α,β-unsaturated/α-hetero) is 2. The summed E-state index contributed by atoms with van der Waals surface area (Å²) in [7, 11) is 6.04. The lowest BCUT2D eigenvalue weighted by molar-refractivity contribution is -0.303. The van der Waals surface area contributed by atoms with Crippen LogP contribution in [-0.4, -0.2) is 168 Å². The normalized spacial score (nSPS) is 37.9.